The summed E-state index contributed by atoms with van der Waals surface area (Å²) in [5.74, 6) is 6.73. The minimum Gasteiger partial charge on any atom is -0.352 e. The number of fused-ring (bicyclic) bond motifs is 1. The van der Waals surface area contributed by atoms with Gasteiger partial charge in [0.05, 0.1) is 0 Å². The molecule has 0 radical (unpaired) electrons. The van der Waals surface area contributed by atoms with Crippen molar-refractivity contribution in [2.75, 3.05) is 6.54 Å². The van der Waals surface area contributed by atoms with Gasteiger partial charge < -0.3 is 5.32 Å². The van der Waals surface area contributed by atoms with E-state index in [2.05, 4.69) is 53.8 Å². The summed E-state index contributed by atoms with van der Waals surface area (Å²) in [6.07, 6.45) is 2.08. The Kier molecular flexibility index (Phi) is 4.20. The summed E-state index contributed by atoms with van der Waals surface area (Å²) in [7, 11) is 0. The quantitative estimate of drug-likeness (QED) is 0.325. The zero-order valence-electron chi connectivity index (χ0n) is 11.1. The Labute approximate surface area is 109 Å². The highest BCUT2D eigenvalue weighted by Crippen LogP contribution is 2.21. The lowest BCUT2D eigenvalue weighted by molar-refractivity contribution is 0.613. The van der Waals surface area contributed by atoms with Gasteiger partial charge in [-0.2, -0.15) is 0 Å². The summed E-state index contributed by atoms with van der Waals surface area (Å²) < 4.78 is 0. The maximum Gasteiger partial charge on any atom is 0.205 e. The first kappa shape index (κ1) is 12.9. The van der Waals surface area contributed by atoms with Gasteiger partial charge in [-0.15, -0.1) is 0 Å². The molecule has 0 amide bonds. The molecule has 2 rings (SSSR count). The highest BCUT2D eigenvalue weighted by atomic mass is 15.3. The number of rotatable bonds is 3. The summed E-state index contributed by atoms with van der Waals surface area (Å²) in [6.45, 7) is 5.07. The molecule has 1 aromatic carbocycles. The van der Waals surface area contributed by atoms with Gasteiger partial charge in [-0.1, -0.05) is 38.1 Å². The molecule has 0 aromatic heterocycles. The molecular weight excluding hydrogens is 224 g/mol. The lowest BCUT2D eigenvalue weighted by Gasteiger charge is -2.15. The second-order valence-electron chi connectivity index (χ2n) is 5.25. The van der Waals surface area contributed by atoms with Gasteiger partial charge in [-0.25, -0.2) is 5.84 Å². The number of nitrogens with zero attached hydrogens (tertiary/aromatic N) is 1. The summed E-state index contributed by atoms with van der Waals surface area (Å²) in [4.78, 5) is 4.44. The van der Waals surface area contributed by atoms with E-state index in [1.54, 1.807) is 0 Å². The van der Waals surface area contributed by atoms with Crippen LogP contribution >= 0.6 is 0 Å². The number of benzene rings is 1. The molecule has 4 heteroatoms. The maximum absolute atomic E-state index is 5.50. The van der Waals surface area contributed by atoms with E-state index in [-0.39, 0.29) is 0 Å². The molecular formula is C14H22N4. The molecule has 1 aliphatic rings. The van der Waals surface area contributed by atoms with Crippen LogP contribution in [0.4, 0.5) is 0 Å². The molecule has 1 aromatic rings. The van der Waals surface area contributed by atoms with Crippen molar-refractivity contribution in [1.82, 2.24) is 10.7 Å². The van der Waals surface area contributed by atoms with Crippen molar-refractivity contribution in [3.8, 4) is 0 Å². The highest BCUT2D eigenvalue weighted by molar-refractivity contribution is 5.79. The van der Waals surface area contributed by atoms with Crippen LogP contribution in [0.1, 0.15) is 25.0 Å². The average molecular weight is 246 g/mol. The Bertz CT molecular complexity index is 401. The van der Waals surface area contributed by atoms with Gasteiger partial charge in [0.15, 0.2) is 0 Å². The second-order valence-corrected chi connectivity index (χ2v) is 5.25. The molecule has 0 aliphatic heterocycles. The van der Waals surface area contributed by atoms with Crippen LogP contribution in [-0.2, 0) is 12.8 Å². The third-order valence-corrected chi connectivity index (χ3v) is 3.14. The molecule has 0 saturated carbocycles. The lowest BCUT2D eigenvalue weighted by atomic mass is 10.1. The minimum absolute atomic E-state index is 0.393. The standard InChI is InChI=1S/C14H22N4/c1-10(2)9-16-14(18-15)17-13-7-11-5-3-4-6-12(11)8-13/h3-6,10,13H,7-9,15H2,1-2H3,(H2,16,17,18). The van der Waals surface area contributed by atoms with E-state index in [0.29, 0.717) is 17.9 Å². The first-order valence-electron chi connectivity index (χ1n) is 6.53. The molecule has 98 valence electrons. The molecule has 4 N–H and O–H groups in total. The second kappa shape index (κ2) is 5.87. The summed E-state index contributed by atoms with van der Waals surface area (Å²) in [5.41, 5.74) is 5.50. The molecule has 4 nitrogen and oxygen atoms in total. The van der Waals surface area contributed by atoms with E-state index >= 15 is 0 Å². The van der Waals surface area contributed by atoms with Gasteiger partial charge in [0, 0.05) is 12.6 Å². The van der Waals surface area contributed by atoms with Gasteiger partial charge in [0.1, 0.15) is 0 Å². The monoisotopic (exact) mass is 246 g/mol. The Morgan fingerprint density at radius 2 is 1.94 bits per heavy atom. The van der Waals surface area contributed by atoms with Crippen LogP contribution in [0.5, 0.6) is 0 Å². The smallest absolute Gasteiger partial charge is 0.205 e. The fraction of sp³-hybridized carbons (Fsp3) is 0.500. The van der Waals surface area contributed by atoms with Crippen LogP contribution in [0.2, 0.25) is 0 Å². The third-order valence-electron chi connectivity index (χ3n) is 3.14. The van der Waals surface area contributed by atoms with E-state index in [0.717, 1.165) is 19.4 Å². The van der Waals surface area contributed by atoms with Crippen LogP contribution in [0, 0.1) is 5.92 Å². The molecule has 0 bridgehead atoms. The fourth-order valence-corrected chi connectivity index (χ4v) is 2.26. The average Bonchev–Trinajstić information content (AvgIpc) is 2.76. The van der Waals surface area contributed by atoms with E-state index < -0.39 is 0 Å². The molecule has 0 fully saturated rings. The first-order valence-corrected chi connectivity index (χ1v) is 6.53. The normalized spacial score (nSPS) is 15.9. The van der Waals surface area contributed by atoms with Gasteiger partial charge in [-0.05, 0) is 29.9 Å². The first-order chi connectivity index (χ1) is 8.69. The number of hydrogen-bond acceptors (Lipinski definition) is 2. The Hall–Kier alpha value is -1.55. The van der Waals surface area contributed by atoms with E-state index in [4.69, 9.17) is 5.84 Å². The highest BCUT2D eigenvalue weighted by Gasteiger charge is 2.21. The van der Waals surface area contributed by atoms with Gasteiger partial charge in [0.2, 0.25) is 5.96 Å². The van der Waals surface area contributed by atoms with E-state index in [1.807, 2.05) is 0 Å². The van der Waals surface area contributed by atoms with Crippen molar-refractivity contribution in [1.29, 1.82) is 0 Å². The third kappa shape index (κ3) is 3.23. The number of nitrogens with two attached hydrogens (primary N) is 1. The summed E-state index contributed by atoms with van der Waals surface area (Å²) in [5, 5.41) is 3.38. The Balaban J connectivity index is 1.93. The topological polar surface area (TPSA) is 62.4 Å². The molecule has 1 aliphatic carbocycles. The summed E-state index contributed by atoms with van der Waals surface area (Å²) >= 11 is 0. The Morgan fingerprint density at radius 3 is 2.44 bits per heavy atom. The molecule has 0 saturated heterocycles. The van der Waals surface area contributed by atoms with Crippen LogP contribution in [0.25, 0.3) is 0 Å². The number of nitrogens with one attached hydrogen (secondary N) is 2. The molecule has 0 atom stereocenters. The fourth-order valence-electron chi connectivity index (χ4n) is 2.26. The summed E-state index contributed by atoms with van der Waals surface area (Å²) in [6, 6.07) is 8.96. The predicted octanol–water partition coefficient (Wildman–Crippen LogP) is 1.22. The lowest BCUT2D eigenvalue weighted by Crippen LogP contribution is -2.47. The van der Waals surface area contributed by atoms with E-state index in [9.17, 15) is 0 Å². The van der Waals surface area contributed by atoms with Crippen LogP contribution in [0.3, 0.4) is 0 Å². The van der Waals surface area contributed by atoms with Crippen molar-refractivity contribution in [2.45, 2.75) is 32.7 Å². The van der Waals surface area contributed by atoms with Gasteiger partial charge in [0.25, 0.3) is 0 Å². The van der Waals surface area contributed by atoms with Crippen LogP contribution in [-0.4, -0.2) is 18.5 Å². The zero-order chi connectivity index (χ0) is 13.0. The number of guanidine groups is 1. The number of aliphatic imine (C=N–C) groups is 1. The van der Waals surface area contributed by atoms with Crippen LogP contribution < -0.4 is 16.6 Å². The Morgan fingerprint density at radius 1 is 1.33 bits per heavy atom. The van der Waals surface area contributed by atoms with Crippen molar-refractivity contribution in [3.63, 3.8) is 0 Å². The van der Waals surface area contributed by atoms with Crippen molar-refractivity contribution >= 4 is 5.96 Å². The molecule has 18 heavy (non-hydrogen) atoms. The maximum atomic E-state index is 5.50. The van der Waals surface area contributed by atoms with Gasteiger partial charge >= 0.3 is 0 Å². The number of hydrazine groups is 1. The zero-order valence-corrected chi connectivity index (χ0v) is 11.1. The van der Waals surface area contributed by atoms with Crippen LogP contribution in [0.15, 0.2) is 29.3 Å². The van der Waals surface area contributed by atoms with Crippen molar-refractivity contribution < 1.29 is 0 Å². The van der Waals surface area contributed by atoms with Crippen molar-refractivity contribution in [3.05, 3.63) is 35.4 Å². The van der Waals surface area contributed by atoms with Crippen molar-refractivity contribution in [2.24, 2.45) is 16.8 Å². The van der Waals surface area contributed by atoms with Gasteiger partial charge in [-0.3, -0.25) is 10.4 Å². The van der Waals surface area contributed by atoms with E-state index in [1.165, 1.54) is 11.1 Å². The largest absolute Gasteiger partial charge is 0.352 e. The predicted molar refractivity (Wildman–Crippen MR) is 75.2 cm³/mol. The molecule has 0 unspecified atom stereocenters. The minimum atomic E-state index is 0.393. The SMILES string of the molecule is CC(C)CN=C(NN)NC1Cc2ccccc2C1. The molecule has 0 spiro atoms. The number of hydrogen-bond donors (Lipinski definition) is 3. The molecule has 0 heterocycles.